The summed E-state index contributed by atoms with van der Waals surface area (Å²) in [4.78, 5) is 11.1. The van der Waals surface area contributed by atoms with Crippen LogP contribution in [-0.2, 0) is 10.9 Å². The van der Waals surface area contributed by atoms with Gasteiger partial charge in [0.2, 0.25) is 0 Å². The van der Waals surface area contributed by atoms with E-state index >= 15 is 0 Å². The molecule has 0 spiro atoms. The van der Waals surface area contributed by atoms with Crippen LogP contribution in [0.15, 0.2) is 12.1 Å². The van der Waals surface area contributed by atoms with E-state index in [-0.39, 0.29) is 5.69 Å². The van der Waals surface area contributed by atoms with Gasteiger partial charge < -0.3 is 10.5 Å². The number of methoxy groups -OCH3 is 1. The Bertz CT molecular complexity index is 431. The molecule has 0 saturated carbocycles. The lowest BCUT2D eigenvalue weighted by Gasteiger charge is -2.14. The van der Waals surface area contributed by atoms with Crippen molar-refractivity contribution in [2.24, 2.45) is 0 Å². The molecule has 2 N–H and O–H groups in total. The number of anilines is 1. The highest BCUT2D eigenvalue weighted by molar-refractivity contribution is 6.34. The standard InChI is InChI=1S/C9H7ClF3NO2/c1-16-8(15)4-2-3-5(14)7(10)6(4)9(11,12)13/h2-3H,14H2,1H3. The van der Waals surface area contributed by atoms with Gasteiger partial charge in [0.15, 0.2) is 0 Å². The van der Waals surface area contributed by atoms with Gasteiger partial charge in [-0.2, -0.15) is 13.2 Å². The molecule has 88 valence electrons. The van der Waals surface area contributed by atoms with Gasteiger partial charge in [0.05, 0.1) is 28.9 Å². The van der Waals surface area contributed by atoms with Crippen LogP contribution < -0.4 is 5.73 Å². The van der Waals surface area contributed by atoms with Gasteiger partial charge in [0.25, 0.3) is 0 Å². The number of nitrogen functional groups attached to an aromatic ring is 1. The molecule has 1 aromatic rings. The predicted octanol–water partition coefficient (Wildman–Crippen LogP) is 2.73. The average molecular weight is 254 g/mol. The molecular formula is C9H7ClF3NO2. The van der Waals surface area contributed by atoms with E-state index in [1.54, 1.807) is 0 Å². The molecule has 16 heavy (non-hydrogen) atoms. The van der Waals surface area contributed by atoms with Gasteiger partial charge >= 0.3 is 12.1 Å². The minimum Gasteiger partial charge on any atom is -0.465 e. The van der Waals surface area contributed by atoms with E-state index in [0.717, 1.165) is 19.2 Å². The van der Waals surface area contributed by atoms with Crippen LogP contribution >= 0.6 is 11.6 Å². The average Bonchev–Trinajstić information content (AvgIpc) is 2.18. The van der Waals surface area contributed by atoms with Crippen molar-refractivity contribution in [3.05, 3.63) is 28.3 Å². The number of benzene rings is 1. The van der Waals surface area contributed by atoms with Crippen molar-refractivity contribution in [3.63, 3.8) is 0 Å². The molecule has 0 aliphatic rings. The molecule has 0 saturated heterocycles. The smallest absolute Gasteiger partial charge is 0.418 e. The summed E-state index contributed by atoms with van der Waals surface area (Å²) < 4.78 is 42.1. The van der Waals surface area contributed by atoms with Gasteiger partial charge in [0.1, 0.15) is 0 Å². The molecule has 0 aromatic heterocycles. The van der Waals surface area contributed by atoms with Crippen molar-refractivity contribution in [3.8, 4) is 0 Å². The summed E-state index contributed by atoms with van der Waals surface area (Å²) in [7, 11) is 0.979. The second kappa shape index (κ2) is 4.21. The highest BCUT2D eigenvalue weighted by Crippen LogP contribution is 2.40. The van der Waals surface area contributed by atoms with Crippen molar-refractivity contribution in [1.82, 2.24) is 0 Å². The Morgan fingerprint density at radius 2 is 2.00 bits per heavy atom. The molecule has 0 aliphatic carbocycles. The Balaban J connectivity index is 3.52. The quantitative estimate of drug-likeness (QED) is 0.618. The van der Waals surface area contributed by atoms with Crippen LogP contribution in [0.4, 0.5) is 18.9 Å². The van der Waals surface area contributed by atoms with Gasteiger partial charge in [-0.3, -0.25) is 0 Å². The molecule has 0 radical (unpaired) electrons. The third kappa shape index (κ3) is 2.21. The first kappa shape index (κ1) is 12.6. The van der Waals surface area contributed by atoms with Crippen molar-refractivity contribution in [1.29, 1.82) is 0 Å². The third-order valence-electron chi connectivity index (χ3n) is 1.86. The van der Waals surface area contributed by atoms with E-state index < -0.39 is 28.3 Å². The second-order valence-electron chi connectivity index (χ2n) is 2.88. The first-order valence-corrected chi connectivity index (χ1v) is 4.40. The first-order valence-electron chi connectivity index (χ1n) is 4.02. The fourth-order valence-electron chi connectivity index (χ4n) is 1.15. The SMILES string of the molecule is COC(=O)c1ccc(N)c(Cl)c1C(F)(F)F. The molecule has 3 nitrogen and oxygen atoms in total. The van der Waals surface area contributed by atoms with Crippen LogP contribution in [-0.4, -0.2) is 13.1 Å². The summed E-state index contributed by atoms with van der Waals surface area (Å²) in [5, 5.41) is -0.699. The summed E-state index contributed by atoms with van der Waals surface area (Å²) in [6.07, 6.45) is -4.77. The molecule has 0 unspecified atom stereocenters. The maximum absolute atomic E-state index is 12.6. The van der Waals surface area contributed by atoms with E-state index in [2.05, 4.69) is 4.74 Å². The van der Waals surface area contributed by atoms with E-state index in [1.807, 2.05) is 0 Å². The van der Waals surface area contributed by atoms with Gasteiger partial charge in [-0.15, -0.1) is 0 Å². The molecule has 1 aromatic carbocycles. The Morgan fingerprint density at radius 3 is 2.44 bits per heavy atom. The van der Waals surface area contributed by atoms with E-state index in [4.69, 9.17) is 17.3 Å². The van der Waals surface area contributed by atoms with Crippen LogP contribution in [0.25, 0.3) is 0 Å². The van der Waals surface area contributed by atoms with E-state index in [1.165, 1.54) is 0 Å². The highest BCUT2D eigenvalue weighted by Gasteiger charge is 2.38. The minimum atomic E-state index is -4.77. The second-order valence-corrected chi connectivity index (χ2v) is 3.26. The number of esters is 1. The fourth-order valence-corrected chi connectivity index (χ4v) is 1.42. The molecule has 1 rings (SSSR count). The first-order chi connectivity index (χ1) is 7.29. The molecule has 0 atom stereocenters. The maximum Gasteiger partial charge on any atom is 0.418 e. The zero-order valence-corrected chi connectivity index (χ0v) is 8.82. The van der Waals surface area contributed by atoms with Gasteiger partial charge in [-0.25, -0.2) is 4.79 Å². The Labute approximate surface area is 93.9 Å². The molecular weight excluding hydrogens is 247 g/mol. The number of hydrogen-bond donors (Lipinski definition) is 1. The molecule has 0 amide bonds. The van der Waals surface area contributed by atoms with Crippen LogP contribution in [0.3, 0.4) is 0 Å². The fraction of sp³-hybridized carbons (Fsp3) is 0.222. The lowest BCUT2D eigenvalue weighted by molar-refractivity contribution is -0.138. The summed E-state index contributed by atoms with van der Waals surface area (Å²) in [5.74, 6) is -1.12. The molecule has 0 bridgehead atoms. The molecule has 7 heteroatoms. The van der Waals surface area contributed by atoms with Gasteiger partial charge in [0, 0.05) is 0 Å². The number of rotatable bonds is 1. The van der Waals surface area contributed by atoms with Crippen molar-refractivity contribution >= 4 is 23.3 Å². The molecule has 0 fully saturated rings. The Morgan fingerprint density at radius 1 is 1.44 bits per heavy atom. The maximum atomic E-state index is 12.6. The Kier molecular flexibility index (Phi) is 3.32. The number of halogens is 4. The van der Waals surface area contributed by atoms with Crippen LogP contribution in [0, 0.1) is 0 Å². The normalized spacial score (nSPS) is 11.3. The zero-order chi connectivity index (χ0) is 12.5. The van der Waals surface area contributed by atoms with Crippen LogP contribution in [0.1, 0.15) is 15.9 Å². The third-order valence-corrected chi connectivity index (χ3v) is 2.27. The molecule has 0 heterocycles. The van der Waals surface area contributed by atoms with Gasteiger partial charge in [-0.05, 0) is 12.1 Å². The lowest BCUT2D eigenvalue weighted by Crippen LogP contribution is -2.15. The number of carbonyl (C=O) groups is 1. The lowest BCUT2D eigenvalue weighted by atomic mass is 10.1. The monoisotopic (exact) mass is 253 g/mol. The topological polar surface area (TPSA) is 52.3 Å². The number of alkyl halides is 3. The zero-order valence-electron chi connectivity index (χ0n) is 8.06. The Hall–Kier alpha value is -1.43. The predicted molar refractivity (Wildman–Crippen MR) is 52.2 cm³/mol. The number of nitrogens with two attached hydrogens (primary N) is 1. The number of ether oxygens (including phenoxy) is 1. The minimum absolute atomic E-state index is 0.248. The van der Waals surface area contributed by atoms with Crippen molar-refractivity contribution < 1.29 is 22.7 Å². The van der Waals surface area contributed by atoms with Crippen LogP contribution in [0.5, 0.6) is 0 Å². The van der Waals surface area contributed by atoms with Crippen molar-refractivity contribution in [2.45, 2.75) is 6.18 Å². The number of hydrogen-bond acceptors (Lipinski definition) is 3. The molecule has 0 aliphatic heterocycles. The summed E-state index contributed by atoms with van der Waals surface area (Å²) >= 11 is 5.43. The summed E-state index contributed by atoms with van der Waals surface area (Å²) in [6.45, 7) is 0. The van der Waals surface area contributed by atoms with E-state index in [9.17, 15) is 18.0 Å². The summed E-state index contributed by atoms with van der Waals surface area (Å²) in [6, 6.07) is 2.04. The highest BCUT2D eigenvalue weighted by atomic mass is 35.5. The van der Waals surface area contributed by atoms with Crippen LogP contribution in [0.2, 0.25) is 5.02 Å². The summed E-state index contributed by atoms with van der Waals surface area (Å²) in [5.41, 5.74) is 3.06. The largest absolute Gasteiger partial charge is 0.465 e. The van der Waals surface area contributed by atoms with Crippen molar-refractivity contribution in [2.75, 3.05) is 12.8 Å². The number of carbonyl (C=O) groups excluding carboxylic acids is 1. The van der Waals surface area contributed by atoms with Gasteiger partial charge in [-0.1, -0.05) is 11.6 Å². The van der Waals surface area contributed by atoms with E-state index in [0.29, 0.717) is 0 Å².